The molecule has 2 aromatic heterocycles. The summed E-state index contributed by atoms with van der Waals surface area (Å²) in [5.74, 6) is 0.00893. The predicted molar refractivity (Wildman–Crippen MR) is 216 cm³/mol. The largest absolute Gasteiger partial charge is 0.468 e. The highest BCUT2D eigenvalue weighted by molar-refractivity contribution is 8.14. The summed E-state index contributed by atoms with van der Waals surface area (Å²) in [6.07, 6.45) is 3.76. The number of hydrogen-bond donors (Lipinski definition) is 3. The lowest BCUT2D eigenvalue weighted by atomic mass is 9.83. The van der Waals surface area contributed by atoms with Crippen molar-refractivity contribution in [3.8, 4) is 0 Å². The van der Waals surface area contributed by atoms with E-state index in [2.05, 4.69) is 49.1 Å². The number of thioether (sulfide) groups is 1. The number of amides is 2. The summed E-state index contributed by atoms with van der Waals surface area (Å²) in [6, 6.07) is 2.20. The molecule has 1 saturated heterocycles. The summed E-state index contributed by atoms with van der Waals surface area (Å²) in [7, 11) is 3.01. The van der Waals surface area contributed by atoms with E-state index in [1.807, 2.05) is 19.2 Å². The van der Waals surface area contributed by atoms with Crippen LogP contribution in [0.4, 0.5) is 4.79 Å². The van der Waals surface area contributed by atoms with Crippen molar-refractivity contribution >= 4 is 57.6 Å². The molecule has 5 rings (SSSR count). The zero-order valence-corrected chi connectivity index (χ0v) is 34.8. The Labute approximate surface area is 328 Å². The van der Waals surface area contributed by atoms with Crippen LogP contribution in [0.5, 0.6) is 0 Å². The number of aromatic nitrogens is 2. The predicted octanol–water partition coefficient (Wildman–Crippen LogP) is 5.61. The number of hydrogen-bond acceptors (Lipinski definition) is 12. The lowest BCUT2D eigenvalue weighted by molar-refractivity contribution is -0.150. The van der Waals surface area contributed by atoms with E-state index in [0.29, 0.717) is 36.6 Å². The van der Waals surface area contributed by atoms with Crippen LogP contribution in [0, 0.1) is 11.3 Å². The van der Waals surface area contributed by atoms with Gasteiger partial charge in [0.2, 0.25) is 0 Å². The molecule has 302 valence electrons. The van der Waals surface area contributed by atoms with Crippen molar-refractivity contribution in [2.24, 2.45) is 21.3 Å². The summed E-state index contributed by atoms with van der Waals surface area (Å²) in [4.78, 5) is 54.5. The van der Waals surface area contributed by atoms with Gasteiger partial charge in [-0.1, -0.05) is 20.8 Å². The van der Waals surface area contributed by atoms with Gasteiger partial charge in [0.25, 0.3) is 5.91 Å². The first-order chi connectivity index (χ1) is 26.0. The van der Waals surface area contributed by atoms with Gasteiger partial charge < -0.3 is 29.2 Å². The first-order valence-corrected chi connectivity index (χ1v) is 20.2. The first-order valence-electron chi connectivity index (χ1n) is 19.3. The highest BCUT2D eigenvalue weighted by Gasteiger charge is 2.36. The number of ether oxygens (including phenoxy) is 3. The standard InChI is InChI=1S/C40H59N7O7S/c1-11-46-31-15-14-27(43-34(31)26(19-40(7,8)22-48)35(46)25-17-23(2)20-41-33(25)24(3)52-9)30-21-55-32(42-30)18-29(44-38(51)54-39(4,5)6)36(49)47-16-12-13-28(45-47)37(50)53-10/h14-15,20,23-24,28-30,45,48H,11-13,16-19,21-22H2,1-10H3,(H,44,51)/t23?,24-,28-,29-,30?/m0/s1. The van der Waals surface area contributed by atoms with Gasteiger partial charge in [-0.05, 0) is 83.8 Å². The summed E-state index contributed by atoms with van der Waals surface area (Å²) in [5.41, 5.74) is 8.69. The van der Waals surface area contributed by atoms with Crippen molar-refractivity contribution in [3.63, 3.8) is 0 Å². The second kappa shape index (κ2) is 17.6. The molecule has 1 fully saturated rings. The van der Waals surface area contributed by atoms with E-state index in [-0.39, 0.29) is 31.1 Å². The zero-order chi connectivity index (χ0) is 40.2. The van der Waals surface area contributed by atoms with Gasteiger partial charge >= 0.3 is 12.1 Å². The Hall–Kier alpha value is -3.79. The van der Waals surface area contributed by atoms with Crippen LogP contribution in [0.25, 0.3) is 16.6 Å². The summed E-state index contributed by atoms with van der Waals surface area (Å²) < 4.78 is 18.5. The Balaban J connectivity index is 1.51. The van der Waals surface area contributed by atoms with Gasteiger partial charge in [-0.25, -0.2) is 15.2 Å². The third-order valence-corrected chi connectivity index (χ3v) is 11.2. The number of rotatable bonds is 13. The Morgan fingerprint density at radius 1 is 1.16 bits per heavy atom. The number of aliphatic hydroxyl groups is 1. The van der Waals surface area contributed by atoms with Crippen LogP contribution < -0.4 is 10.7 Å². The highest BCUT2D eigenvalue weighted by atomic mass is 32.2. The van der Waals surface area contributed by atoms with Gasteiger partial charge in [0.1, 0.15) is 23.7 Å². The fourth-order valence-corrected chi connectivity index (χ4v) is 8.35. The maximum Gasteiger partial charge on any atom is 0.408 e. The number of aryl methyl sites for hydroxylation is 1. The number of carbonyl (C=O) groups excluding carboxylic acids is 3. The molecule has 55 heavy (non-hydrogen) atoms. The van der Waals surface area contributed by atoms with E-state index in [1.165, 1.54) is 23.9 Å². The lowest BCUT2D eigenvalue weighted by Gasteiger charge is -2.35. The van der Waals surface area contributed by atoms with Crippen molar-refractivity contribution in [2.75, 3.05) is 33.1 Å². The molecule has 2 aromatic rings. The average molecular weight is 782 g/mol. The molecule has 0 radical (unpaired) electrons. The Kier molecular flexibility index (Phi) is 13.5. The van der Waals surface area contributed by atoms with Gasteiger partial charge in [0.05, 0.1) is 46.4 Å². The highest BCUT2D eigenvalue weighted by Crippen LogP contribution is 2.41. The molecule has 0 bridgehead atoms. The van der Waals surface area contributed by atoms with E-state index < -0.39 is 41.1 Å². The molecule has 2 amide bonds. The van der Waals surface area contributed by atoms with Gasteiger partial charge in [-0.2, -0.15) is 0 Å². The number of nitrogens with one attached hydrogen (secondary N) is 2. The Morgan fingerprint density at radius 2 is 1.91 bits per heavy atom. The van der Waals surface area contributed by atoms with Crippen LogP contribution in [-0.2, 0) is 36.8 Å². The van der Waals surface area contributed by atoms with Crippen LogP contribution in [-0.4, -0.2) is 106 Å². The summed E-state index contributed by atoms with van der Waals surface area (Å²) in [6.45, 7) is 16.8. The SMILES string of the molecule is CCn1c(C2=C([C@H](C)OC)N=CC(C)C2)c(CC(C)(C)CO)c2nc(C3CSC(C[C@H](NC(=O)OC(C)(C)C)C(=O)N4CCC[C@@H](C(=O)OC)N4)=N3)ccc21. The third-order valence-electron chi connectivity index (χ3n) is 10.1. The topological polar surface area (TPSA) is 169 Å². The smallest absolute Gasteiger partial charge is 0.408 e. The summed E-state index contributed by atoms with van der Waals surface area (Å²) in [5, 5.41) is 15.3. The Morgan fingerprint density at radius 3 is 2.56 bits per heavy atom. The number of fused-ring (bicyclic) bond motifs is 1. The molecule has 0 spiro atoms. The molecule has 0 aromatic carbocycles. The number of aliphatic hydroxyl groups excluding tert-OH is 1. The van der Waals surface area contributed by atoms with E-state index in [9.17, 15) is 19.5 Å². The quantitative estimate of drug-likeness (QED) is 0.217. The molecular formula is C40H59N7O7S. The second-order valence-electron chi connectivity index (χ2n) is 16.5. The molecule has 3 N–H and O–H groups in total. The number of allylic oxidation sites excluding steroid dienone is 1. The number of methoxy groups -OCH3 is 2. The monoisotopic (exact) mass is 781 g/mol. The maximum absolute atomic E-state index is 13.9. The Bertz CT molecular complexity index is 1850. The number of nitrogens with zero attached hydrogens (tertiary/aromatic N) is 5. The molecule has 5 atom stereocenters. The molecule has 3 aliphatic heterocycles. The molecule has 14 nitrogen and oxygen atoms in total. The van der Waals surface area contributed by atoms with E-state index in [4.69, 9.17) is 29.2 Å². The van der Waals surface area contributed by atoms with Crippen molar-refractivity contribution < 1.29 is 33.7 Å². The number of carbonyl (C=O) groups is 3. The molecule has 2 unspecified atom stereocenters. The normalized spacial score (nSPS) is 21.8. The van der Waals surface area contributed by atoms with Crippen LogP contribution in [0.3, 0.4) is 0 Å². The number of pyridine rings is 1. The fourth-order valence-electron chi connectivity index (χ4n) is 7.26. The number of aliphatic imine (C=N–C) groups is 2. The van der Waals surface area contributed by atoms with Crippen molar-refractivity contribution in [1.82, 2.24) is 25.3 Å². The number of hydrazine groups is 1. The van der Waals surface area contributed by atoms with Crippen LogP contribution in [0.1, 0.15) is 104 Å². The minimum Gasteiger partial charge on any atom is -0.468 e. The van der Waals surface area contributed by atoms with Crippen LogP contribution >= 0.6 is 11.8 Å². The zero-order valence-electron chi connectivity index (χ0n) is 34.0. The third kappa shape index (κ3) is 9.97. The van der Waals surface area contributed by atoms with Gasteiger partial charge in [-0.15, -0.1) is 11.8 Å². The number of alkyl carbamates (subject to hydrolysis) is 1. The van der Waals surface area contributed by atoms with Crippen LogP contribution in [0.2, 0.25) is 0 Å². The maximum atomic E-state index is 13.9. The van der Waals surface area contributed by atoms with E-state index in [0.717, 1.165) is 52.2 Å². The van der Waals surface area contributed by atoms with Crippen LogP contribution in [0.15, 0.2) is 27.8 Å². The second-order valence-corrected chi connectivity index (χ2v) is 17.6. The average Bonchev–Trinajstić information content (AvgIpc) is 3.74. The van der Waals surface area contributed by atoms with Crippen molar-refractivity contribution in [2.45, 2.75) is 124 Å². The fraction of sp³-hybridized carbons (Fsp3) is 0.650. The summed E-state index contributed by atoms with van der Waals surface area (Å²) >= 11 is 1.53. The molecular weight excluding hydrogens is 723 g/mol. The van der Waals surface area contributed by atoms with Gasteiger partial charge in [0, 0.05) is 56.3 Å². The van der Waals surface area contributed by atoms with Gasteiger partial charge in [0.15, 0.2) is 0 Å². The van der Waals surface area contributed by atoms with Gasteiger partial charge in [-0.3, -0.25) is 24.6 Å². The molecule has 5 heterocycles. The number of esters is 1. The minimum absolute atomic E-state index is 0.0142. The molecule has 0 saturated carbocycles. The molecule has 15 heteroatoms. The minimum atomic E-state index is -0.995. The van der Waals surface area contributed by atoms with E-state index in [1.54, 1.807) is 27.9 Å². The lowest BCUT2D eigenvalue weighted by Crippen LogP contribution is -2.60. The van der Waals surface area contributed by atoms with Crippen molar-refractivity contribution in [3.05, 3.63) is 34.8 Å². The molecule has 0 aliphatic carbocycles. The first kappa shape index (κ1) is 42.4. The molecule has 3 aliphatic rings. The van der Waals surface area contributed by atoms with Crippen molar-refractivity contribution in [1.29, 1.82) is 0 Å². The van der Waals surface area contributed by atoms with E-state index >= 15 is 0 Å².